The Morgan fingerprint density at radius 2 is 2.20 bits per heavy atom. The van der Waals surface area contributed by atoms with Crippen LogP contribution in [0.3, 0.4) is 0 Å². The predicted octanol–water partition coefficient (Wildman–Crippen LogP) is 2.66. The van der Waals surface area contributed by atoms with Crippen LogP contribution in [0.1, 0.15) is 18.7 Å². The molecule has 0 saturated carbocycles. The lowest BCUT2D eigenvalue weighted by Gasteiger charge is -2.12. The Morgan fingerprint density at radius 1 is 1.47 bits per heavy atom. The number of halogens is 1. The van der Waals surface area contributed by atoms with E-state index in [0.717, 1.165) is 17.4 Å². The summed E-state index contributed by atoms with van der Waals surface area (Å²) in [6.07, 6.45) is 0.433. The van der Waals surface area contributed by atoms with Crippen LogP contribution in [0.15, 0.2) is 15.9 Å². The Morgan fingerprint density at radius 3 is 2.73 bits per heavy atom. The topological polar surface area (TPSA) is 32.3 Å². The number of aliphatic hydroxyl groups excluding tert-OH is 1. The first-order valence-electron chi connectivity index (χ1n) is 5.20. The molecule has 1 rings (SSSR count). The molecule has 0 saturated heterocycles. The van der Waals surface area contributed by atoms with Gasteiger partial charge in [0.1, 0.15) is 0 Å². The van der Waals surface area contributed by atoms with E-state index in [2.05, 4.69) is 35.1 Å². The lowest BCUT2D eigenvalue weighted by atomic mass is 10.2. The molecular weight excluding hydrogens is 274 g/mol. The van der Waals surface area contributed by atoms with Gasteiger partial charge in [0.2, 0.25) is 0 Å². The minimum Gasteiger partial charge on any atom is -0.391 e. The Labute approximate surface area is 104 Å². The van der Waals surface area contributed by atoms with Crippen molar-refractivity contribution >= 4 is 27.3 Å². The first-order valence-corrected chi connectivity index (χ1v) is 6.87. The summed E-state index contributed by atoms with van der Waals surface area (Å²) < 4.78 is 1.11. The van der Waals surface area contributed by atoms with Gasteiger partial charge in [-0.3, -0.25) is 0 Å². The number of rotatable bonds is 6. The fraction of sp³-hybridized carbons (Fsp3) is 0.636. The van der Waals surface area contributed by atoms with Gasteiger partial charge in [-0.05, 0) is 39.8 Å². The third-order valence-corrected chi connectivity index (χ3v) is 3.99. The molecule has 0 radical (unpaired) electrons. The van der Waals surface area contributed by atoms with Gasteiger partial charge in [-0.25, -0.2) is 0 Å². The van der Waals surface area contributed by atoms with Crippen molar-refractivity contribution in [3.63, 3.8) is 0 Å². The summed E-state index contributed by atoms with van der Waals surface area (Å²) in [6.45, 7) is 5.95. The van der Waals surface area contributed by atoms with Gasteiger partial charge in [-0.1, -0.05) is 13.8 Å². The second kappa shape index (κ2) is 6.63. The highest BCUT2D eigenvalue weighted by molar-refractivity contribution is 9.10. The Bertz CT molecular complexity index is 288. The minimum atomic E-state index is -0.293. The van der Waals surface area contributed by atoms with Crippen LogP contribution in [0.2, 0.25) is 0 Å². The predicted molar refractivity (Wildman–Crippen MR) is 69.4 cm³/mol. The van der Waals surface area contributed by atoms with Gasteiger partial charge in [0.15, 0.2) is 0 Å². The maximum absolute atomic E-state index is 9.78. The average Bonchev–Trinajstić information content (AvgIpc) is 2.51. The summed E-state index contributed by atoms with van der Waals surface area (Å²) in [4.78, 5) is 1.22. The van der Waals surface area contributed by atoms with Gasteiger partial charge in [0, 0.05) is 22.3 Å². The molecule has 0 aliphatic carbocycles. The van der Waals surface area contributed by atoms with Crippen molar-refractivity contribution in [1.82, 2.24) is 5.32 Å². The number of thiophene rings is 1. The maximum atomic E-state index is 9.78. The molecule has 0 spiro atoms. The lowest BCUT2D eigenvalue weighted by molar-refractivity contribution is 0.171. The molecule has 0 fully saturated rings. The second-order valence-corrected chi connectivity index (χ2v) is 5.96. The molecule has 0 aromatic carbocycles. The van der Waals surface area contributed by atoms with Gasteiger partial charge in [-0.2, -0.15) is 0 Å². The molecule has 0 bridgehead atoms. The van der Waals surface area contributed by atoms with Crippen molar-refractivity contribution in [3.05, 3.63) is 20.8 Å². The van der Waals surface area contributed by atoms with E-state index in [1.54, 1.807) is 11.3 Å². The summed E-state index contributed by atoms with van der Waals surface area (Å²) in [6, 6.07) is 2.02. The third kappa shape index (κ3) is 5.11. The molecule has 1 unspecified atom stereocenters. The molecule has 0 amide bonds. The third-order valence-electron chi connectivity index (χ3n) is 2.04. The van der Waals surface area contributed by atoms with Crippen LogP contribution in [0, 0.1) is 5.92 Å². The van der Waals surface area contributed by atoms with Crippen molar-refractivity contribution in [1.29, 1.82) is 0 Å². The van der Waals surface area contributed by atoms with Crippen LogP contribution in [0.5, 0.6) is 0 Å². The van der Waals surface area contributed by atoms with Gasteiger partial charge >= 0.3 is 0 Å². The molecule has 1 aromatic rings. The van der Waals surface area contributed by atoms with Crippen LogP contribution in [-0.2, 0) is 6.42 Å². The zero-order valence-corrected chi connectivity index (χ0v) is 11.6. The molecule has 2 N–H and O–H groups in total. The fourth-order valence-electron chi connectivity index (χ4n) is 1.30. The maximum Gasteiger partial charge on any atom is 0.0713 e. The second-order valence-electron chi connectivity index (χ2n) is 4.10. The molecular formula is C11H18BrNOS. The van der Waals surface area contributed by atoms with Crippen molar-refractivity contribution in [2.45, 2.75) is 26.4 Å². The zero-order valence-electron chi connectivity index (χ0n) is 9.16. The van der Waals surface area contributed by atoms with E-state index in [0.29, 0.717) is 12.5 Å². The SMILES string of the molecule is CC(C)CNCC(O)Cc1sccc1Br. The van der Waals surface area contributed by atoms with Gasteiger partial charge < -0.3 is 10.4 Å². The summed E-state index contributed by atoms with van der Waals surface area (Å²) in [5.74, 6) is 0.630. The molecule has 1 aromatic heterocycles. The normalized spacial score (nSPS) is 13.4. The quantitative estimate of drug-likeness (QED) is 0.845. The van der Waals surface area contributed by atoms with Crippen molar-refractivity contribution in [2.24, 2.45) is 5.92 Å². The fourth-order valence-corrected chi connectivity index (χ4v) is 2.88. The number of hydrogen-bond donors (Lipinski definition) is 2. The summed E-state index contributed by atoms with van der Waals surface area (Å²) in [7, 11) is 0. The number of aliphatic hydroxyl groups is 1. The molecule has 15 heavy (non-hydrogen) atoms. The van der Waals surface area contributed by atoms with Crippen LogP contribution in [0.25, 0.3) is 0 Å². The highest BCUT2D eigenvalue weighted by Gasteiger charge is 2.09. The van der Waals surface area contributed by atoms with Gasteiger partial charge in [-0.15, -0.1) is 11.3 Å². The Balaban J connectivity index is 2.24. The number of nitrogens with one attached hydrogen (secondary N) is 1. The Hall–Kier alpha value is 0.100. The minimum absolute atomic E-state index is 0.293. The van der Waals surface area contributed by atoms with Crippen LogP contribution < -0.4 is 5.32 Å². The monoisotopic (exact) mass is 291 g/mol. The largest absolute Gasteiger partial charge is 0.391 e. The van der Waals surface area contributed by atoms with Gasteiger partial charge in [0.25, 0.3) is 0 Å². The molecule has 0 aliphatic rings. The Kier molecular flexibility index (Phi) is 5.82. The van der Waals surface area contributed by atoms with Crippen molar-refractivity contribution < 1.29 is 5.11 Å². The first kappa shape index (κ1) is 13.2. The molecule has 0 aliphatic heterocycles. The summed E-state index contributed by atoms with van der Waals surface area (Å²) in [5.41, 5.74) is 0. The van der Waals surface area contributed by atoms with E-state index in [4.69, 9.17) is 0 Å². The lowest BCUT2D eigenvalue weighted by Crippen LogP contribution is -2.30. The van der Waals surface area contributed by atoms with E-state index in [9.17, 15) is 5.11 Å². The van der Waals surface area contributed by atoms with E-state index < -0.39 is 0 Å². The molecule has 86 valence electrons. The highest BCUT2D eigenvalue weighted by Crippen LogP contribution is 2.23. The molecule has 4 heteroatoms. The van der Waals surface area contributed by atoms with Crippen LogP contribution in [0.4, 0.5) is 0 Å². The van der Waals surface area contributed by atoms with E-state index >= 15 is 0 Å². The van der Waals surface area contributed by atoms with Crippen LogP contribution in [-0.4, -0.2) is 24.3 Å². The van der Waals surface area contributed by atoms with E-state index in [-0.39, 0.29) is 6.10 Å². The van der Waals surface area contributed by atoms with Crippen molar-refractivity contribution in [2.75, 3.05) is 13.1 Å². The summed E-state index contributed by atoms with van der Waals surface area (Å²) in [5, 5.41) is 15.1. The van der Waals surface area contributed by atoms with Crippen LogP contribution >= 0.6 is 27.3 Å². The zero-order chi connectivity index (χ0) is 11.3. The average molecular weight is 292 g/mol. The molecule has 1 heterocycles. The van der Waals surface area contributed by atoms with E-state index in [1.165, 1.54) is 4.88 Å². The summed E-state index contributed by atoms with van der Waals surface area (Å²) >= 11 is 5.15. The van der Waals surface area contributed by atoms with E-state index in [1.807, 2.05) is 11.4 Å². The first-order chi connectivity index (χ1) is 7.09. The van der Waals surface area contributed by atoms with Crippen molar-refractivity contribution in [3.8, 4) is 0 Å². The standard InChI is InChI=1S/C11H18BrNOS/c1-8(2)6-13-7-9(14)5-11-10(12)3-4-15-11/h3-4,8-9,13-14H,5-7H2,1-2H3. The van der Waals surface area contributed by atoms with Gasteiger partial charge in [0.05, 0.1) is 6.10 Å². The molecule has 2 nitrogen and oxygen atoms in total. The number of hydrogen-bond acceptors (Lipinski definition) is 3. The smallest absolute Gasteiger partial charge is 0.0713 e. The molecule has 1 atom stereocenters. The highest BCUT2D eigenvalue weighted by atomic mass is 79.9.